The molecule has 7 nitrogen and oxygen atoms in total. The number of likely N-dealkylation sites (tertiary alicyclic amines) is 1. The number of hydrogen-bond donors (Lipinski definition) is 1. The molecule has 1 unspecified atom stereocenters. The summed E-state index contributed by atoms with van der Waals surface area (Å²) in [5.74, 6) is 1.48. The number of carbonyl (C=O) groups excluding carboxylic acids is 1. The minimum atomic E-state index is 0.0109. The molecule has 1 aromatic carbocycles. The zero-order valence-electron chi connectivity index (χ0n) is 16.1. The number of aromatic nitrogens is 4. The quantitative estimate of drug-likeness (QED) is 0.770. The predicted octanol–water partition coefficient (Wildman–Crippen LogP) is 2.43. The Hall–Kier alpha value is -2.67. The van der Waals surface area contributed by atoms with Crippen LogP contribution in [-0.2, 0) is 18.9 Å². The second-order valence-corrected chi connectivity index (χ2v) is 7.41. The van der Waals surface area contributed by atoms with Gasteiger partial charge in [-0.15, -0.1) is 0 Å². The fourth-order valence-corrected chi connectivity index (χ4v) is 3.95. The zero-order valence-corrected chi connectivity index (χ0v) is 16.1. The van der Waals surface area contributed by atoms with Crippen molar-refractivity contribution < 1.29 is 4.79 Å². The molecule has 1 aliphatic heterocycles. The molecule has 0 bridgehead atoms. The Morgan fingerprint density at radius 2 is 2.11 bits per heavy atom. The van der Waals surface area contributed by atoms with Gasteiger partial charge >= 0.3 is 0 Å². The molecule has 27 heavy (non-hydrogen) atoms. The molecule has 1 amide bonds. The first-order valence-corrected chi connectivity index (χ1v) is 9.45. The Morgan fingerprint density at radius 1 is 1.30 bits per heavy atom. The number of fused-ring (bicyclic) bond motifs is 1. The lowest BCUT2D eigenvalue weighted by atomic mass is 9.97. The number of carbonyl (C=O) groups is 1. The Kier molecular flexibility index (Phi) is 4.70. The number of imidazole rings is 1. The number of aryl methyl sites for hydroxylation is 2. The van der Waals surface area contributed by atoms with Crippen molar-refractivity contribution in [1.82, 2.24) is 24.2 Å². The summed E-state index contributed by atoms with van der Waals surface area (Å²) >= 11 is 0. The Labute approximate surface area is 159 Å². The van der Waals surface area contributed by atoms with Crippen molar-refractivity contribution in [1.29, 1.82) is 0 Å². The highest BCUT2D eigenvalue weighted by Gasteiger charge is 2.26. The van der Waals surface area contributed by atoms with Crippen LogP contribution in [0.25, 0.3) is 11.0 Å². The lowest BCUT2D eigenvalue weighted by Crippen LogP contribution is -2.40. The molecule has 1 aliphatic rings. The highest BCUT2D eigenvalue weighted by molar-refractivity contribution is 5.92. The first kappa shape index (κ1) is 17.7. The summed E-state index contributed by atoms with van der Waals surface area (Å²) < 4.78 is 3.96. The fraction of sp³-hybridized carbons (Fsp3) is 0.450. The molecular formula is C20H26N6O. The number of rotatable bonds is 4. The van der Waals surface area contributed by atoms with Gasteiger partial charge in [0.1, 0.15) is 5.82 Å². The van der Waals surface area contributed by atoms with Gasteiger partial charge in [-0.05, 0) is 38.4 Å². The molecule has 2 aromatic heterocycles. The Morgan fingerprint density at radius 3 is 2.85 bits per heavy atom. The number of anilines is 1. The van der Waals surface area contributed by atoms with Crippen LogP contribution in [0.2, 0.25) is 0 Å². The molecule has 1 saturated heterocycles. The van der Waals surface area contributed by atoms with Crippen molar-refractivity contribution in [2.45, 2.75) is 25.7 Å². The maximum atomic E-state index is 12.5. The first-order valence-electron chi connectivity index (χ1n) is 9.45. The third-order valence-corrected chi connectivity index (χ3v) is 5.57. The topological polar surface area (TPSA) is 68.0 Å². The van der Waals surface area contributed by atoms with Crippen molar-refractivity contribution in [3.8, 4) is 0 Å². The highest BCUT2D eigenvalue weighted by atomic mass is 16.2. The van der Waals surface area contributed by atoms with Crippen LogP contribution in [0, 0.1) is 6.92 Å². The maximum absolute atomic E-state index is 12.5. The summed E-state index contributed by atoms with van der Waals surface area (Å²) in [7, 11) is 3.96. The van der Waals surface area contributed by atoms with Crippen molar-refractivity contribution in [2.75, 3.05) is 25.0 Å². The van der Waals surface area contributed by atoms with E-state index >= 15 is 0 Å². The summed E-state index contributed by atoms with van der Waals surface area (Å²) in [5.41, 5.74) is 3.94. The predicted molar refractivity (Wildman–Crippen MR) is 106 cm³/mol. The monoisotopic (exact) mass is 366 g/mol. The lowest BCUT2D eigenvalue weighted by Gasteiger charge is -2.31. The number of hydrogen-bond acceptors (Lipinski definition) is 4. The molecule has 1 atom stereocenters. The van der Waals surface area contributed by atoms with Gasteiger partial charge in [0, 0.05) is 26.6 Å². The summed E-state index contributed by atoms with van der Waals surface area (Å²) in [6, 6.07) is 8.24. The van der Waals surface area contributed by atoms with E-state index in [1.807, 2.05) is 26.1 Å². The van der Waals surface area contributed by atoms with Gasteiger partial charge in [-0.3, -0.25) is 14.4 Å². The van der Waals surface area contributed by atoms with Crippen LogP contribution in [0.4, 0.5) is 5.69 Å². The van der Waals surface area contributed by atoms with Crippen LogP contribution in [0.15, 0.2) is 30.5 Å². The van der Waals surface area contributed by atoms with E-state index in [1.54, 1.807) is 10.9 Å². The summed E-state index contributed by atoms with van der Waals surface area (Å²) in [6.07, 6.45) is 3.88. The molecule has 142 valence electrons. The molecule has 0 aliphatic carbocycles. The van der Waals surface area contributed by atoms with Gasteiger partial charge in [-0.1, -0.05) is 12.1 Å². The summed E-state index contributed by atoms with van der Waals surface area (Å²) in [5, 5.41) is 7.16. The summed E-state index contributed by atoms with van der Waals surface area (Å²) in [4.78, 5) is 19.6. The highest BCUT2D eigenvalue weighted by Crippen LogP contribution is 2.28. The van der Waals surface area contributed by atoms with Gasteiger partial charge < -0.3 is 9.88 Å². The molecule has 4 rings (SSSR count). The van der Waals surface area contributed by atoms with Gasteiger partial charge in [0.15, 0.2) is 0 Å². The van der Waals surface area contributed by atoms with Gasteiger partial charge in [0.2, 0.25) is 5.91 Å². The number of para-hydroxylation sites is 2. The third kappa shape index (κ3) is 3.47. The average Bonchev–Trinajstić information content (AvgIpc) is 3.16. The largest absolute Gasteiger partial charge is 0.331 e. The smallest absolute Gasteiger partial charge is 0.238 e. The average molecular weight is 366 g/mol. The molecule has 1 fully saturated rings. The second-order valence-electron chi connectivity index (χ2n) is 7.41. The molecule has 3 heterocycles. The third-order valence-electron chi connectivity index (χ3n) is 5.57. The van der Waals surface area contributed by atoms with Gasteiger partial charge in [0.25, 0.3) is 0 Å². The van der Waals surface area contributed by atoms with Crippen molar-refractivity contribution in [3.63, 3.8) is 0 Å². The molecule has 0 spiro atoms. The number of amides is 1. The number of piperidine rings is 1. The lowest BCUT2D eigenvalue weighted by molar-refractivity contribution is -0.117. The second kappa shape index (κ2) is 7.15. The van der Waals surface area contributed by atoms with E-state index in [0.29, 0.717) is 12.5 Å². The van der Waals surface area contributed by atoms with Crippen LogP contribution in [0.1, 0.15) is 30.3 Å². The van der Waals surface area contributed by atoms with Crippen LogP contribution in [0.3, 0.4) is 0 Å². The van der Waals surface area contributed by atoms with Crippen molar-refractivity contribution >= 4 is 22.6 Å². The van der Waals surface area contributed by atoms with Crippen LogP contribution in [0.5, 0.6) is 0 Å². The number of nitrogens with zero attached hydrogens (tertiary/aromatic N) is 5. The van der Waals surface area contributed by atoms with Gasteiger partial charge in [-0.2, -0.15) is 5.10 Å². The molecule has 1 N–H and O–H groups in total. The van der Waals surface area contributed by atoms with Crippen molar-refractivity contribution in [2.24, 2.45) is 14.1 Å². The normalized spacial score (nSPS) is 18.1. The summed E-state index contributed by atoms with van der Waals surface area (Å²) in [6.45, 7) is 4.15. The SMILES string of the molecule is Cc1c(NC(=O)CN2CCCC(c3nc4ccccc4n3C)C2)cnn1C. The minimum Gasteiger partial charge on any atom is -0.331 e. The van der Waals surface area contributed by atoms with Crippen molar-refractivity contribution in [3.05, 3.63) is 42.0 Å². The molecule has 3 aromatic rings. The Bertz CT molecular complexity index is 972. The van der Waals surface area contributed by atoms with Crippen LogP contribution < -0.4 is 5.32 Å². The molecule has 7 heteroatoms. The maximum Gasteiger partial charge on any atom is 0.238 e. The van der Waals surface area contributed by atoms with E-state index in [4.69, 9.17) is 4.98 Å². The van der Waals surface area contributed by atoms with E-state index < -0.39 is 0 Å². The van der Waals surface area contributed by atoms with E-state index in [1.165, 1.54) is 0 Å². The molecule has 0 saturated carbocycles. The Balaban J connectivity index is 1.44. The van der Waals surface area contributed by atoms with E-state index in [-0.39, 0.29) is 5.91 Å². The zero-order chi connectivity index (χ0) is 19.0. The molecular weight excluding hydrogens is 340 g/mol. The number of benzene rings is 1. The van der Waals surface area contributed by atoms with E-state index in [0.717, 1.165) is 54.2 Å². The first-order chi connectivity index (χ1) is 13.0. The minimum absolute atomic E-state index is 0.0109. The van der Waals surface area contributed by atoms with E-state index in [9.17, 15) is 4.79 Å². The fourth-order valence-electron chi connectivity index (χ4n) is 3.95. The van der Waals surface area contributed by atoms with E-state index in [2.05, 4.69) is 39.1 Å². The van der Waals surface area contributed by atoms with Gasteiger partial charge in [-0.25, -0.2) is 4.98 Å². The van der Waals surface area contributed by atoms with Crippen LogP contribution in [-0.4, -0.2) is 49.8 Å². The molecule has 0 radical (unpaired) electrons. The van der Waals surface area contributed by atoms with Crippen LogP contribution >= 0.6 is 0 Å². The standard InChI is InChI=1S/C20H26N6O/c1-14-17(11-21-25(14)3)22-19(27)13-26-10-6-7-15(12-26)20-23-16-8-4-5-9-18(16)24(20)2/h4-5,8-9,11,15H,6-7,10,12-13H2,1-3H3,(H,22,27). The number of nitrogens with one attached hydrogen (secondary N) is 1. The van der Waals surface area contributed by atoms with Gasteiger partial charge in [0.05, 0.1) is 35.2 Å².